The Bertz CT molecular complexity index is 313. The van der Waals surface area contributed by atoms with Crippen molar-refractivity contribution in [1.29, 1.82) is 0 Å². The summed E-state index contributed by atoms with van der Waals surface area (Å²) in [7, 11) is 0. The summed E-state index contributed by atoms with van der Waals surface area (Å²) in [6, 6.07) is 1.59. The van der Waals surface area contributed by atoms with Gasteiger partial charge < -0.3 is 14.9 Å². The molecule has 2 unspecified atom stereocenters. The van der Waals surface area contributed by atoms with Crippen molar-refractivity contribution in [3.05, 3.63) is 22.6 Å². The Labute approximate surface area is 99.1 Å². The normalized spacial score (nSPS) is 17.4. The first-order valence-electron chi connectivity index (χ1n) is 5.17. The molecular weight excluding hydrogens is 258 g/mol. The monoisotopic (exact) mass is 275 g/mol. The quantitative estimate of drug-likeness (QED) is 0.898. The van der Waals surface area contributed by atoms with Gasteiger partial charge in [-0.25, -0.2) is 0 Å². The predicted molar refractivity (Wildman–Crippen MR) is 63.7 cm³/mol. The molecule has 0 aliphatic heterocycles. The number of rotatable bonds is 5. The van der Waals surface area contributed by atoms with E-state index in [9.17, 15) is 0 Å². The van der Waals surface area contributed by atoms with Gasteiger partial charge in [0.1, 0.15) is 5.76 Å². The molecule has 0 aliphatic rings. The van der Waals surface area contributed by atoms with Gasteiger partial charge in [0, 0.05) is 6.61 Å². The molecule has 0 aliphatic carbocycles. The van der Waals surface area contributed by atoms with Gasteiger partial charge in [-0.15, -0.1) is 0 Å². The maximum atomic E-state index is 6.17. The highest BCUT2D eigenvalue weighted by molar-refractivity contribution is 9.10. The molecular formula is C11H18BrNO2. The third-order valence-electron chi connectivity index (χ3n) is 2.76. The standard InChI is InChI=1S/C11H18BrNO2/c1-4-11(3,15-5-2)10(13)9-8(12)6-7-14-9/h6-7,10H,4-5,13H2,1-3H3. The van der Waals surface area contributed by atoms with Gasteiger partial charge in [-0.05, 0) is 42.3 Å². The molecule has 1 rings (SSSR count). The van der Waals surface area contributed by atoms with Crippen LogP contribution in [0.4, 0.5) is 0 Å². The summed E-state index contributed by atoms with van der Waals surface area (Å²) >= 11 is 3.41. The van der Waals surface area contributed by atoms with E-state index in [0.717, 1.165) is 16.7 Å². The van der Waals surface area contributed by atoms with Gasteiger partial charge in [0.05, 0.1) is 22.4 Å². The lowest BCUT2D eigenvalue weighted by Crippen LogP contribution is -2.40. The zero-order valence-corrected chi connectivity index (χ0v) is 11.0. The van der Waals surface area contributed by atoms with Gasteiger partial charge in [-0.3, -0.25) is 0 Å². The molecule has 0 fully saturated rings. The van der Waals surface area contributed by atoms with Crippen LogP contribution >= 0.6 is 15.9 Å². The Morgan fingerprint density at radius 2 is 2.27 bits per heavy atom. The Kier molecular flexibility index (Phi) is 4.37. The van der Waals surface area contributed by atoms with Crippen molar-refractivity contribution in [2.24, 2.45) is 5.73 Å². The van der Waals surface area contributed by atoms with Crippen molar-refractivity contribution < 1.29 is 9.15 Å². The fraction of sp³-hybridized carbons (Fsp3) is 0.636. The van der Waals surface area contributed by atoms with Gasteiger partial charge in [-0.2, -0.15) is 0 Å². The molecule has 0 radical (unpaired) electrons. The van der Waals surface area contributed by atoms with Crippen molar-refractivity contribution in [2.75, 3.05) is 6.61 Å². The first-order chi connectivity index (χ1) is 7.05. The van der Waals surface area contributed by atoms with E-state index < -0.39 is 0 Å². The minimum absolute atomic E-state index is 0.258. The van der Waals surface area contributed by atoms with E-state index in [4.69, 9.17) is 14.9 Å². The van der Waals surface area contributed by atoms with E-state index in [0.29, 0.717) is 6.61 Å². The number of furan rings is 1. The molecule has 0 amide bonds. The number of halogens is 1. The third kappa shape index (κ3) is 2.62. The summed E-state index contributed by atoms with van der Waals surface area (Å²) in [6.07, 6.45) is 2.47. The maximum Gasteiger partial charge on any atom is 0.137 e. The molecule has 86 valence electrons. The van der Waals surface area contributed by atoms with Crippen molar-refractivity contribution in [3.8, 4) is 0 Å². The summed E-state index contributed by atoms with van der Waals surface area (Å²) in [5.74, 6) is 0.743. The first kappa shape index (κ1) is 12.7. The highest BCUT2D eigenvalue weighted by Gasteiger charge is 2.34. The SMILES string of the molecule is CCOC(C)(CC)C(N)c1occc1Br. The van der Waals surface area contributed by atoms with E-state index in [2.05, 4.69) is 22.9 Å². The molecule has 0 bridgehead atoms. The van der Waals surface area contributed by atoms with Gasteiger partial charge >= 0.3 is 0 Å². The second-order valence-electron chi connectivity index (χ2n) is 3.71. The minimum Gasteiger partial charge on any atom is -0.466 e. The summed E-state index contributed by atoms with van der Waals surface area (Å²) < 4.78 is 12.0. The molecule has 3 nitrogen and oxygen atoms in total. The van der Waals surface area contributed by atoms with Crippen LogP contribution in [0.25, 0.3) is 0 Å². The topological polar surface area (TPSA) is 48.4 Å². The molecule has 0 saturated carbocycles. The average molecular weight is 276 g/mol. The molecule has 2 N–H and O–H groups in total. The summed E-state index contributed by atoms with van der Waals surface area (Å²) in [5, 5.41) is 0. The highest BCUT2D eigenvalue weighted by Crippen LogP contribution is 2.34. The van der Waals surface area contributed by atoms with Gasteiger partial charge in [0.25, 0.3) is 0 Å². The van der Waals surface area contributed by atoms with E-state index in [1.807, 2.05) is 19.9 Å². The zero-order chi connectivity index (χ0) is 11.5. The lowest BCUT2D eigenvalue weighted by molar-refractivity contribution is -0.0515. The second-order valence-corrected chi connectivity index (χ2v) is 4.56. The van der Waals surface area contributed by atoms with E-state index in [1.54, 1.807) is 6.26 Å². The van der Waals surface area contributed by atoms with Gasteiger partial charge in [0.2, 0.25) is 0 Å². The number of hydrogen-bond acceptors (Lipinski definition) is 3. The fourth-order valence-corrected chi connectivity index (χ4v) is 1.99. The van der Waals surface area contributed by atoms with Crippen molar-refractivity contribution in [2.45, 2.75) is 38.8 Å². The molecule has 0 saturated heterocycles. The molecule has 1 heterocycles. The number of ether oxygens (including phenoxy) is 1. The Morgan fingerprint density at radius 1 is 1.60 bits per heavy atom. The Hall–Kier alpha value is -0.320. The first-order valence-corrected chi connectivity index (χ1v) is 5.97. The van der Waals surface area contributed by atoms with Crippen LogP contribution in [0.1, 0.15) is 39.0 Å². The molecule has 1 aromatic rings. The van der Waals surface area contributed by atoms with Crippen molar-refractivity contribution in [1.82, 2.24) is 0 Å². The lowest BCUT2D eigenvalue weighted by atomic mass is 9.92. The second kappa shape index (κ2) is 5.14. The fourth-order valence-electron chi connectivity index (χ4n) is 1.55. The Morgan fingerprint density at radius 3 is 2.67 bits per heavy atom. The zero-order valence-electron chi connectivity index (χ0n) is 9.42. The summed E-state index contributed by atoms with van der Waals surface area (Å²) in [6.45, 7) is 6.69. The van der Waals surface area contributed by atoms with Crippen molar-refractivity contribution >= 4 is 15.9 Å². The summed E-state index contributed by atoms with van der Waals surface area (Å²) in [5.41, 5.74) is 5.79. The van der Waals surface area contributed by atoms with E-state index >= 15 is 0 Å². The number of nitrogens with two attached hydrogens (primary N) is 1. The van der Waals surface area contributed by atoms with E-state index in [-0.39, 0.29) is 11.6 Å². The highest BCUT2D eigenvalue weighted by atomic mass is 79.9. The Balaban J connectivity index is 2.91. The van der Waals surface area contributed by atoms with Crippen molar-refractivity contribution in [3.63, 3.8) is 0 Å². The van der Waals surface area contributed by atoms with Gasteiger partial charge in [-0.1, -0.05) is 6.92 Å². The largest absolute Gasteiger partial charge is 0.466 e. The average Bonchev–Trinajstić information content (AvgIpc) is 2.63. The summed E-state index contributed by atoms with van der Waals surface area (Å²) in [4.78, 5) is 0. The third-order valence-corrected chi connectivity index (χ3v) is 3.42. The molecule has 15 heavy (non-hydrogen) atoms. The van der Waals surface area contributed by atoms with Crippen LogP contribution in [0.15, 0.2) is 21.2 Å². The molecule has 4 heteroatoms. The molecule has 2 atom stereocenters. The molecule has 0 spiro atoms. The smallest absolute Gasteiger partial charge is 0.137 e. The van der Waals surface area contributed by atoms with Crippen LogP contribution in [0.5, 0.6) is 0 Å². The number of hydrogen-bond donors (Lipinski definition) is 1. The lowest BCUT2D eigenvalue weighted by Gasteiger charge is -2.33. The maximum absolute atomic E-state index is 6.17. The molecule has 0 aromatic carbocycles. The van der Waals surface area contributed by atoms with Crippen LogP contribution in [-0.4, -0.2) is 12.2 Å². The molecule has 1 aromatic heterocycles. The van der Waals surface area contributed by atoms with Crippen LogP contribution < -0.4 is 5.73 Å². The predicted octanol–water partition coefficient (Wildman–Crippen LogP) is 3.25. The van der Waals surface area contributed by atoms with Crippen LogP contribution in [0.3, 0.4) is 0 Å². The van der Waals surface area contributed by atoms with E-state index in [1.165, 1.54) is 0 Å². The van der Waals surface area contributed by atoms with Gasteiger partial charge in [0.15, 0.2) is 0 Å². The van der Waals surface area contributed by atoms with Crippen LogP contribution in [0, 0.1) is 0 Å². The van der Waals surface area contributed by atoms with Crippen LogP contribution in [0.2, 0.25) is 0 Å². The minimum atomic E-state index is -0.380. The van der Waals surface area contributed by atoms with Crippen LogP contribution in [-0.2, 0) is 4.74 Å².